The van der Waals surface area contributed by atoms with Gasteiger partial charge >= 0.3 is 5.97 Å². The van der Waals surface area contributed by atoms with Crippen LogP contribution in [-0.4, -0.2) is 20.8 Å². The number of benzene rings is 1. The Hall–Kier alpha value is -1.43. The number of rotatable bonds is 5. The van der Waals surface area contributed by atoms with E-state index in [9.17, 15) is 14.9 Å². The number of alkyl halides is 1. The van der Waals surface area contributed by atoms with Crippen LogP contribution < -0.4 is 0 Å². The maximum Gasteiger partial charge on any atom is 0.317 e. The third-order valence-corrected chi connectivity index (χ3v) is 2.95. The van der Waals surface area contributed by atoms with Gasteiger partial charge in [0.2, 0.25) is 0 Å². The minimum absolute atomic E-state index is 0.0392. The summed E-state index contributed by atoms with van der Waals surface area (Å²) in [5.41, 5.74) is 0.925. The average molecular weight is 288 g/mol. The molecule has 86 valence electrons. The van der Waals surface area contributed by atoms with Crippen molar-refractivity contribution in [3.63, 3.8) is 0 Å². The van der Waals surface area contributed by atoms with Crippen LogP contribution >= 0.6 is 15.9 Å². The number of aliphatic carboxylic acids is 1. The van der Waals surface area contributed by atoms with E-state index in [4.69, 9.17) is 5.11 Å². The van der Waals surface area contributed by atoms with Crippen molar-refractivity contribution in [2.24, 2.45) is 0 Å². The molecule has 1 aromatic rings. The predicted molar refractivity (Wildman–Crippen MR) is 61.8 cm³/mol. The number of aryl methyl sites for hydroxylation is 1. The summed E-state index contributed by atoms with van der Waals surface area (Å²) in [5, 5.41) is 19.0. The number of nitro groups is 1. The van der Waals surface area contributed by atoms with Crippen LogP contribution in [0.2, 0.25) is 0 Å². The molecule has 1 rings (SSSR count). The predicted octanol–water partition coefficient (Wildman–Crippen LogP) is 2.38. The summed E-state index contributed by atoms with van der Waals surface area (Å²) >= 11 is 3.03. The second-order valence-corrected chi connectivity index (χ2v) is 4.37. The molecule has 0 aliphatic carbocycles. The molecule has 0 heterocycles. The zero-order valence-electron chi connectivity index (χ0n) is 8.30. The van der Waals surface area contributed by atoms with Gasteiger partial charge in [0.15, 0.2) is 0 Å². The van der Waals surface area contributed by atoms with Crippen LogP contribution in [-0.2, 0) is 11.2 Å². The van der Waals surface area contributed by atoms with Gasteiger partial charge in [-0.15, -0.1) is 0 Å². The van der Waals surface area contributed by atoms with Gasteiger partial charge in [-0.25, -0.2) is 0 Å². The highest BCUT2D eigenvalue weighted by molar-refractivity contribution is 9.10. The van der Waals surface area contributed by atoms with Crippen molar-refractivity contribution >= 4 is 27.6 Å². The largest absolute Gasteiger partial charge is 0.480 e. The monoisotopic (exact) mass is 287 g/mol. The molecular formula is C10H10BrNO4. The van der Waals surface area contributed by atoms with Crippen molar-refractivity contribution in [2.45, 2.75) is 17.7 Å². The van der Waals surface area contributed by atoms with Crippen LogP contribution in [0, 0.1) is 10.1 Å². The zero-order valence-corrected chi connectivity index (χ0v) is 9.88. The van der Waals surface area contributed by atoms with Crippen LogP contribution in [0.3, 0.4) is 0 Å². The second kappa shape index (κ2) is 5.60. The molecule has 0 amide bonds. The lowest BCUT2D eigenvalue weighted by atomic mass is 10.1. The smallest absolute Gasteiger partial charge is 0.317 e. The van der Waals surface area contributed by atoms with Crippen molar-refractivity contribution < 1.29 is 14.8 Å². The van der Waals surface area contributed by atoms with E-state index in [1.165, 1.54) is 12.1 Å². The van der Waals surface area contributed by atoms with Crippen molar-refractivity contribution in [1.82, 2.24) is 0 Å². The summed E-state index contributed by atoms with van der Waals surface area (Å²) in [6, 6.07) is 6.11. The summed E-state index contributed by atoms with van der Waals surface area (Å²) in [7, 11) is 0. The van der Waals surface area contributed by atoms with E-state index >= 15 is 0 Å². The molecule has 1 aromatic carbocycles. The SMILES string of the molecule is O=C(O)C(Br)CCc1ccc([N+](=O)[O-])cc1. The fourth-order valence-electron chi connectivity index (χ4n) is 1.20. The Kier molecular flexibility index (Phi) is 4.42. The number of non-ortho nitro benzene ring substituents is 1. The standard InChI is InChI=1S/C10H10BrNO4/c11-9(10(13)14)6-3-7-1-4-8(5-2-7)12(15)16/h1-2,4-5,9H,3,6H2,(H,13,14). The summed E-state index contributed by atoms with van der Waals surface area (Å²) < 4.78 is 0. The molecule has 0 aliphatic heterocycles. The number of carboxylic acids is 1. The van der Waals surface area contributed by atoms with Crippen molar-refractivity contribution in [2.75, 3.05) is 0 Å². The topological polar surface area (TPSA) is 80.4 Å². The quantitative estimate of drug-likeness (QED) is 0.512. The lowest BCUT2D eigenvalue weighted by Crippen LogP contribution is -2.13. The van der Waals surface area contributed by atoms with Crippen molar-refractivity contribution in [3.05, 3.63) is 39.9 Å². The van der Waals surface area contributed by atoms with Crippen LogP contribution in [0.1, 0.15) is 12.0 Å². The van der Waals surface area contributed by atoms with Crippen LogP contribution in [0.4, 0.5) is 5.69 Å². The van der Waals surface area contributed by atoms with Crippen LogP contribution in [0.15, 0.2) is 24.3 Å². The number of carboxylic acid groups (broad SMARTS) is 1. The molecule has 5 nitrogen and oxygen atoms in total. The van der Waals surface area contributed by atoms with Crippen molar-refractivity contribution in [3.8, 4) is 0 Å². The first-order chi connectivity index (χ1) is 7.50. The van der Waals surface area contributed by atoms with E-state index in [2.05, 4.69) is 15.9 Å². The summed E-state index contributed by atoms with van der Waals surface area (Å²) in [5.74, 6) is -0.901. The van der Waals surface area contributed by atoms with Gasteiger partial charge in [0, 0.05) is 12.1 Å². The maximum absolute atomic E-state index is 10.5. The fourth-order valence-corrected chi connectivity index (χ4v) is 1.43. The van der Waals surface area contributed by atoms with E-state index in [-0.39, 0.29) is 5.69 Å². The minimum atomic E-state index is -0.901. The van der Waals surface area contributed by atoms with Crippen LogP contribution in [0.25, 0.3) is 0 Å². The molecule has 0 spiro atoms. The third kappa shape index (κ3) is 3.62. The molecule has 0 bridgehead atoms. The first-order valence-corrected chi connectivity index (χ1v) is 5.52. The molecule has 0 aliphatic rings. The summed E-state index contributed by atoms with van der Waals surface area (Å²) in [6.07, 6.45) is 1.02. The number of carbonyl (C=O) groups is 1. The number of nitrogens with zero attached hydrogens (tertiary/aromatic N) is 1. The Morgan fingerprint density at radius 3 is 2.44 bits per heavy atom. The molecule has 0 saturated carbocycles. The minimum Gasteiger partial charge on any atom is -0.480 e. The van der Waals surface area contributed by atoms with Gasteiger partial charge < -0.3 is 5.11 Å². The highest BCUT2D eigenvalue weighted by Crippen LogP contribution is 2.15. The molecule has 1 unspecified atom stereocenters. The normalized spacial score (nSPS) is 12.1. The molecule has 0 saturated heterocycles. The van der Waals surface area contributed by atoms with Gasteiger partial charge in [-0.2, -0.15) is 0 Å². The number of nitro benzene ring substituents is 1. The van der Waals surface area contributed by atoms with Crippen LogP contribution in [0.5, 0.6) is 0 Å². The van der Waals surface area contributed by atoms with Gasteiger partial charge in [-0.3, -0.25) is 14.9 Å². The van der Waals surface area contributed by atoms with Gasteiger partial charge in [0.25, 0.3) is 5.69 Å². The third-order valence-electron chi connectivity index (χ3n) is 2.10. The lowest BCUT2D eigenvalue weighted by Gasteiger charge is -2.04. The first kappa shape index (κ1) is 12.6. The molecule has 6 heteroatoms. The molecule has 0 fully saturated rings. The molecule has 16 heavy (non-hydrogen) atoms. The molecule has 1 atom stereocenters. The highest BCUT2D eigenvalue weighted by atomic mass is 79.9. The summed E-state index contributed by atoms with van der Waals surface area (Å²) in [6.45, 7) is 0. The maximum atomic E-state index is 10.5. The van der Waals surface area contributed by atoms with E-state index < -0.39 is 15.7 Å². The Labute approximate surface area is 100 Å². The first-order valence-electron chi connectivity index (χ1n) is 4.61. The second-order valence-electron chi connectivity index (χ2n) is 3.27. The number of hydrogen-bond donors (Lipinski definition) is 1. The van der Waals surface area contributed by atoms with E-state index in [0.29, 0.717) is 12.8 Å². The summed E-state index contributed by atoms with van der Waals surface area (Å²) in [4.78, 5) is 19.9. The Balaban J connectivity index is 2.56. The van der Waals surface area contributed by atoms with E-state index in [1.54, 1.807) is 12.1 Å². The molecule has 0 aromatic heterocycles. The van der Waals surface area contributed by atoms with Gasteiger partial charge in [-0.05, 0) is 18.4 Å². The molecular weight excluding hydrogens is 278 g/mol. The van der Waals surface area contributed by atoms with E-state index in [1.807, 2.05) is 0 Å². The van der Waals surface area contributed by atoms with Gasteiger partial charge in [-0.1, -0.05) is 28.1 Å². The molecule has 0 radical (unpaired) electrons. The zero-order chi connectivity index (χ0) is 12.1. The van der Waals surface area contributed by atoms with Gasteiger partial charge in [0.1, 0.15) is 4.83 Å². The van der Waals surface area contributed by atoms with E-state index in [0.717, 1.165) is 5.56 Å². The fraction of sp³-hybridized carbons (Fsp3) is 0.300. The molecule has 1 N–H and O–H groups in total. The van der Waals surface area contributed by atoms with Gasteiger partial charge in [0.05, 0.1) is 4.92 Å². The van der Waals surface area contributed by atoms with Crippen molar-refractivity contribution in [1.29, 1.82) is 0 Å². The lowest BCUT2D eigenvalue weighted by molar-refractivity contribution is -0.384. The number of hydrogen-bond acceptors (Lipinski definition) is 3. The highest BCUT2D eigenvalue weighted by Gasteiger charge is 2.12. The Bertz CT molecular complexity index is 390. The average Bonchev–Trinajstić information content (AvgIpc) is 2.26. The number of halogens is 1. The Morgan fingerprint density at radius 1 is 1.44 bits per heavy atom. The Morgan fingerprint density at radius 2 is 2.00 bits per heavy atom.